The molecule has 0 aliphatic rings. The number of amides is 2. The highest BCUT2D eigenvalue weighted by atomic mass is 16.2. The standard InChI is InChI=1S/C12H18N4O2/c1-16(2)8-4-7-14-12(18)10-6-3-5-9(15-10)11(13)17/h3,5-6H,4,7-8H2,1-2H3,(H2,13,17)(H,14,18). The van der Waals surface area contributed by atoms with E-state index < -0.39 is 5.91 Å². The van der Waals surface area contributed by atoms with Crippen molar-refractivity contribution < 1.29 is 9.59 Å². The highest BCUT2D eigenvalue weighted by Crippen LogP contribution is 1.99. The fraction of sp³-hybridized carbons (Fsp3) is 0.417. The molecule has 6 heteroatoms. The van der Waals surface area contributed by atoms with Crippen molar-refractivity contribution in [2.45, 2.75) is 6.42 Å². The van der Waals surface area contributed by atoms with E-state index in [2.05, 4.69) is 10.3 Å². The molecule has 3 N–H and O–H groups in total. The number of pyridine rings is 1. The molecule has 1 heterocycles. The first-order valence-corrected chi connectivity index (χ1v) is 5.70. The molecule has 1 aromatic heterocycles. The Balaban J connectivity index is 2.51. The van der Waals surface area contributed by atoms with Gasteiger partial charge in [-0.1, -0.05) is 6.07 Å². The van der Waals surface area contributed by atoms with E-state index in [-0.39, 0.29) is 17.3 Å². The smallest absolute Gasteiger partial charge is 0.269 e. The van der Waals surface area contributed by atoms with Gasteiger partial charge in [0.2, 0.25) is 0 Å². The highest BCUT2D eigenvalue weighted by Gasteiger charge is 2.09. The number of carbonyl (C=O) groups is 2. The number of hydrogen-bond donors (Lipinski definition) is 2. The maximum absolute atomic E-state index is 11.7. The van der Waals surface area contributed by atoms with Crippen molar-refractivity contribution in [3.63, 3.8) is 0 Å². The average molecular weight is 250 g/mol. The van der Waals surface area contributed by atoms with E-state index in [0.717, 1.165) is 13.0 Å². The molecule has 0 saturated heterocycles. The van der Waals surface area contributed by atoms with Gasteiger partial charge in [0.15, 0.2) is 0 Å². The van der Waals surface area contributed by atoms with Crippen LogP contribution >= 0.6 is 0 Å². The lowest BCUT2D eigenvalue weighted by Gasteiger charge is -2.09. The number of nitrogens with two attached hydrogens (primary N) is 1. The van der Waals surface area contributed by atoms with Gasteiger partial charge in [-0.3, -0.25) is 9.59 Å². The number of nitrogens with zero attached hydrogens (tertiary/aromatic N) is 2. The van der Waals surface area contributed by atoms with E-state index in [1.54, 1.807) is 12.1 Å². The van der Waals surface area contributed by atoms with Crippen molar-refractivity contribution in [3.8, 4) is 0 Å². The molecule has 1 rings (SSSR count). The molecule has 0 fully saturated rings. The summed E-state index contributed by atoms with van der Waals surface area (Å²) in [7, 11) is 3.94. The molecule has 98 valence electrons. The van der Waals surface area contributed by atoms with Crippen LogP contribution in [-0.4, -0.2) is 48.9 Å². The zero-order valence-corrected chi connectivity index (χ0v) is 10.6. The predicted molar refractivity (Wildman–Crippen MR) is 68.3 cm³/mol. The molecule has 0 atom stereocenters. The summed E-state index contributed by atoms with van der Waals surface area (Å²) in [5.74, 6) is -0.936. The van der Waals surface area contributed by atoms with E-state index in [1.807, 2.05) is 19.0 Å². The van der Waals surface area contributed by atoms with Crippen LogP contribution in [0.5, 0.6) is 0 Å². The average Bonchev–Trinajstić information content (AvgIpc) is 2.34. The molecule has 18 heavy (non-hydrogen) atoms. The summed E-state index contributed by atoms with van der Waals surface area (Å²) < 4.78 is 0. The molecule has 0 aliphatic carbocycles. The van der Waals surface area contributed by atoms with Crippen molar-refractivity contribution in [3.05, 3.63) is 29.6 Å². The van der Waals surface area contributed by atoms with E-state index in [9.17, 15) is 9.59 Å². The third-order valence-electron chi connectivity index (χ3n) is 2.30. The second-order valence-electron chi connectivity index (χ2n) is 4.19. The van der Waals surface area contributed by atoms with Crippen LogP contribution in [0.25, 0.3) is 0 Å². The van der Waals surface area contributed by atoms with Crippen molar-refractivity contribution in [1.29, 1.82) is 0 Å². The minimum Gasteiger partial charge on any atom is -0.364 e. The maximum Gasteiger partial charge on any atom is 0.269 e. The third-order valence-corrected chi connectivity index (χ3v) is 2.30. The summed E-state index contributed by atoms with van der Waals surface area (Å²) >= 11 is 0. The highest BCUT2D eigenvalue weighted by molar-refractivity contribution is 5.95. The van der Waals surface area contributed by atoms with Gasteiger partial charge in [0, 0.05) is 6.54 Å². The minimum absolute atomic E-state index is 0.0935. The predicted octanol–water partition coefficient (Wildman–Crippen LogP) is -0.138. The Morgan fingerprint density at radius 1 is 1.33 bits per heavy atom. The monoisotopic (exact) mass is 250 g/mol. The summed E-state index contributed by atoms with van der Waals surface area (Å²) in [4.78, 5) is 28.6. The second kappa shape index (κ2) is 6.70. The molecule has 6 nitrogen and oxygen atoms in total. The SMILES string of the molecule is CN(C)CCCNC(=O)c1cccc(C(N)=O)n1. The Morgan fingerprint density at radius 3 is 2.61 bits per heavy atom. The summed E-state index contributed by atoms with van der Waals surface area (Å²) in [6.45, 7) is 1.47. The van der Waals surface area contributed by atoms with Gasteiger partial charge in [-0.15, -0.1) is 0 Å². The minimum atomic E-state index is -0.641. The van der Waals surface area contributed by atoms with E-state index in [1.165, 1.54) is 6.07 Å². The van der Waals surface area contributed by atoms with E-state index >= 15 is 0 Å². The number of carbonyl (C=O) groups excluding carboxylic acids is 2. The van der Waals surface area contributed by atoms with Crippen molar-refractivity contribution >= 4 is 11.8 Å². The van der Waals surface area contributed by atoms with E-state index in [0.29, 0.717) is 6.54 Å². The molecule has 0 spiro atoms. The van der Waals surface area contributed by atoms with Crippen molar-refractivity contribution in [1.82, 2.24) is 15.2 Å². The summed E-state index contributed by atoms with van der Waals surface area (Å²) in [6, 6.07) is 4.61. The van der Waals surface area contributed by atoms with Gasteiger partial charge in [0.1, 0.15) is 11.4 Å². The molecular formula is C12H18N4O2. The normalized spacial score (nSPS) is 10.4. The Bertz CT molecular complexity index is 432. The number of rotatable bonds is 6. The fourth-order valence-electron chi connectivity index (χ4n) is 1.39. The number of primary amides is 1. The quantitative estimate of drug-likeness (QED) is 0.688. The van der Waals surface area contributed by atoms with Crippen LogP contribution in [-0.2, 0) is 0 Å². The Hall–Kier alpha value is -1.95. The van der Waals surface area contributed by atoms with Crippen molar-refractivity contribution in [2.75, 3.05) is 27.2 Å². The van der Waals surface area contributed by atoms with Crippen LogP contribution in [0.1, 0.15) is 27.4 Å². The first kappa shape index (κ1) is 14.1. The van der Waals surface area contributed by atoms with Crippen LogP contribution in [0.4, 0.5) is 0 Å². The van der Waals surface area contributed by atoms with Crippen LogP contribution in [0.3, 0.4) is 0 Å². The first-order chi connectivity index (χ1) is 8.50. The van der Waals surface area contributed by atoms with Gasteiger partial charge in [-0.05, 0) is 39.2 Å². The zero-order valence-electron chi connectivity index (χ0n) is 10.6. The molecule has 0 saturated carbocycles. The molecule has 0 bridgehead atoms. The molecule has 2 amide bonds. The van der Waals surface area contributed by atoms with Gasteiger partial charge < -0.3 is 16.0 Å². The molecule has 0 radical (unpaired) electrons. The number of nitrogens with one attached hydrogen (secondary N) is 1. The summed E-state index contributed by atoms with van der Waals surface area (Å²) in [5, 5.41) is 2.74. The van der Waals surface area contributed by atoms with Crippen molar-refractivity contribution in [2.24, 2.45) is 5.73 Å². The number of hydrogen-bond acceptors (Lipinski definition) is 4. The Morgan fingerprint density at radius 2 is 2.00 bits per heavy atom. The molecule has 0 aliphatic heterocycles. The Kier molecular flexibility index (Phi) is 5.26. The van der Waals surface area contributed by atoms with Gasteiger partial charge in [-0.25, -0.2) is 4.98 Å². The molecular weight excluding hydrogens is 232 g/mol. The third kappa shape index (κ3) is 4.50. The largest absolute Gasteiger partial charge is 0.364 e. The lowest BCUT2D eigenvalue weighted by Crippen LogP contribution is -2.28. The summed E-state index contributed by atoms with van der Waals surface area (Å²) in [6.07, 6.45) is 0.855. The van der Waals surface area contributed by atoms with E-state index in [4.69, 9.17) is 5.73 Å². The van der Waals surface area contributed by atoms with Gasteiger partial charge in [0.25, 0.3) is 11.8 Å². The lowest BCUT2D eigenvalue weighted by molar-refractivity contribution is 0.0947. The molecule has 1 aromatic rings. The summed E-state index contributed by atoms with van der Waals surface area (Å²) in [5.41, 5.74) is 5.40. The molecule has 0 aromatic carbocycles. The maximum atomic E-state index is 11.7. The second-order valence-corrected chi connectivity index (χ2v) is 4.19. The van der Waals surface area contributed by atoms with Gasteiger partial charge in [-0.2, -0.15) is 0 Å². The van der Waals surface area contributed by atoms with Crippen LogP contribution in [0.15, 0.2) is 18.2 Å². The van der Waals surface area contributed by atoms with Crippen LogP contribution < -0.4 is 11.1 Å². The fourth-order valence-corrected chi connectivity index (χ4v) is 1.39. The van der Waals surface area contributed by atoms with Gasteiger partial charge >= 0.3 is 0 Å². The first-order valence-electron chi connectivity index (χ1n) is 5.70. The lowest BCUT2D eigenvalue weighted by atomic mass is 10.2. The van der Waals surface area contributed by atoms with Crippen LogP contribution in [0, 0.1) is 0 Å². The number of aromatic nitrogens is 1. The Labute approximate surface area is 106 Å². The van der Waals surface area contributed by atoms with Crippen LogP contribution in [0.2, 0.25) is 0 Å². The zero-order chi connectivity index (χ0) is 13.5. The topological polar surface area (TPSA) is 88.3 Å². The van der Waals surface area contributed by atoms with Gasteiger partial charge in [0.05, 0.1) is 0 Å². The molecule has 0 unspecified atom stereocenters.